The summed E-state index contributed by atoms with van der Waals surface area (Å²) in [5.74, 6) is -0.832. The van der Waals surface area contributed by atoms with Crippen LogP contribution < -0.4 is 0 Å². The highest BCUT2D eigenvalue weighted by Crippen LogP contribution is 2.33. The number of halogens is 1. The number of hydrazone groups is 1. The van der Waals surface area contributed by atoms with E-state index >= 15 is 0 Å². The van der Waals surface area contributed by atoms with Crippen molar-refractivity contribution in [2.75, 3.05) is 19.7 Å². The number of ether oxygens (including phenoxy) is 1. The second-order valence-corrected chi connectivity index (χ2v) is 8.66. The summed E-state index contributed by atoms with van der Waals surface area (Å²) in [5.41, 5.74) is 3.58. The Bertz CT molecular complexity index is 1040. The van der Waals surface area contributed by atoms with Crippen molar-refractivity contribution in [2.24, 2.45) is 5.10 Å². The van der Waals surface area contributed by atoms with Crippen molar-refractivity contribution in [3.05, 3.63) is 71.0 Å². The molecule has 2 atom stereocenters. The highest BCUT2D eigenvalue weighted by Gasteiger charge is 2.37. The fraction of sp³-hybridized carbons (Fsp3) is 0.423. The van der Waals surface area contributed by atoms with Crippen molar-refractivity contribution in [1.29, 1.82) is 0 Å². The van der Waals surface area contributed by atoms with Gasteiger partial charge in [-0.05, 0) is 56.5 Å². The average molecular weight is 452 g/mol. The molecular weight excluding hydrogens is 421 g/mol. The van der Waals surface area contributed by atoms with Crippen molar-refractivity contribution >= 4 is 17.6 Å². The van der Waals surface area contributed by atoms with Gasteiger partial charge in [0.15, 0.2) is 0 Å². The summed E-state index contributed by atoms with van der Waals surface area (Å²) in [6, 6.07) is 13.5. The standard InChI is InChI=1S/C26H30FN3O3/c1-3-33-26(32)23-9-4-5-14-29(23)17-25(31)30-24(20-7-6-8-21(27)15-20)16-22(28-30)19-12-10-18(2)11-13-19/h6-8,10-13,15,23-24H,3-5,9,14,16-17H2,1-2H3/t23-,24+/m0/s1. The van der Waals surface area contributed by atoms with E-state index in [0.29, 0.717) is 31.6 Å². The molecule has 2 aliphatic rings. The predicted octanol–water partition coefficient (Wildman–Crippen LogP) is 4.23. The molecule has 0 bridgehead atoms. The Labute approximate surface area is 194 Å². The number of benzene rings is 2. The number of hydrogen-bond donors (Lipinski definition) is 0. The number of esters is 1. The molecular formula is C26H30FN3O3. The maximum Gasteiger partial charge on any atom is 0.323 e. The Morgan fingerprint density at radius 1 is 1.15 bits per heavy atom. The molecule has 6 nitrogen and oxygen atoms in total. The van der Waals surface area contributed by atoms with Crippen LogP contribution in [0, 0.1) is 12.7 Å². The Morgan fingerprint density at radius 2 is 1.94 bits per heavy atom. The van der Waals surface area contributed by atoms with Crippen LogP contribution in [0.3, 0.4) is 0 Å². The normalized spacial score (nSPS) is 21.1. The highest BCUT2D eigenvalue weighted by molar-refractivity contribution is 6.03. The topological polar surface area (TPSA) is 62.2 Å². The van der Waals surface area contributed by atoms with Crippen molar-refractivity contribution < 1.29 is 18.7 Å². The molecule has 0 aromatic heterocycles. The van der Waals surface area contributed by atoms with Gasteiger partial charge in [0.1, 0.15) is 11.9 Å². The summed E-state index contributed by atoms with van der Waals surface area (Å²) in [7, 11) is 0. The molecule has 7 heteroatoms. The number of likely N-dealkylation sites (tertiary alicyclic amines) is 1. The molecule has 0 spiro atoms. The summed E-state index contributed by atoms with van der Waals surface area (Å²) in [6.07, 6.45) is 3.03. The second kappa shape index (κ2) is 10.3. The van der Waals surface area contributed by atoms with Crippen LogP contribution in [0.2, 0.25) is 0 Å². The maximum atomic E-state index is 14.0. The maximum absolute atomic E-state index is 14.0. The van der Waals surface area contributed by atoms with E-state index in [1.54, 1.807) is 13.0 Å². The van der Waals surface area contributed by atoms with Gasteiger partial charge in [0, 0.05) is 6.42 Å². The Hall–Kier alpha value is -3.06. The van der Waals surface area contributed by atoms with Crippen LogP contribution in [0.1, 0.15) is 55.3 Å². The molecule has 0 aliphatic carbocycles. The van der Waals surface area contributed by atoms with Gasteiger partial charge in [-0.25, -0.2) is 9.40 Å². The van der Waals surface area contributed by atoms with Crippen LogP contribution in [0.5, 0.6) is 0 Å². The van der Waals surface area contributed by atoms with Crippen LogP contribution in [0.15, 0.2) is 53.6 Å². The SMILES string of the molecule is CCOC(=O)[C@@H]1CCCCN1CC(=O)N1N=C(c2ccc(C)cc2)C[C@@H]1c1cccc(F)c1. The van der Waals surface area contributed by atoms with Crippen LogP contribution in [-0.2, 0) is 14.3 Å². The lowest BCUT2D eigenvalue weighted by Crippen LogP contribution is -2.49. The third kappa shape index (κ3) is 5.30. The number of hydrogen-bond acceptors (Lipinski definition) is 5. The zero-order chi connectivity index (χ0) is 23.4. The quantitative estimate of drug-likeness (QED) is 0.617. The first-order chi connectivity index (χ1) is 16.0. The number of aryl methyl sites for hydroxylation is 1. The summed E-state index contributed by atoms with van der Waals surface area (Å²) < 4.78 is 19.2. The van der Waals surface area contributed by atoms with E-state index in [0.717, 1.165) is 29.7 Å². The fourth-order valence-electron chi connectivity index (χ4n) is 4.57. The van der Waals surface area contributed by atoms with Gasteiger partial charge in [0.05, 0.1) is 24.9 Å². The van der Waals surface area contributed by atoms with E-state index in [-0.39, 0.29) is 24.2 Å². The second-order valence-electron chi connectivity index (χ2n) is 8.66. The molecule has 2 aromatic carbocycles. The van der Waals surface area contributed by atoms with Crippen LogP contribution in [-0.4, -0.2) is 53.2 Å². The van der Waals surface area contributed by atoms with Crippen molar-refractivity contribution in [1.82, 2.24) is 9.91 Å². The van der Waals surface area contributed by atoms with Crippen molar-refractivity contribution in [2.45, 2.75) is 51.6 Å². The largest absolute Gasteiger partial charge is 0.465 e. The number of carbonyl (C=O) groups excluding carboxylic acids is 2. The van der Waals surface area contributed by atoms with Crippen LogP contribution in [0.25, 0.3) is 0 Å². The number of amides is 1. The molecule has 1 amide bonds. The summed E-state index contributed by atoms with van der Waals surface area (Å²) >= 11 is 0. The number of piperidine rings is 1. The predicted molar refractivity (Wildman–Crippen MR) is 124 cm³/mol. The smallest absolute Gasteiger partial charge is 0.323 e. The number of rotatable bonds is 6. The molecule has 33 heavy (non-hydrogen) atoms. The summed E-state index contributed by atoms with van der Waals surface area (Å²) in [5, 5.41) is 6.16. The lowest BCUT2D eigenvalue weighted by Gasteiger charge is -2.34. The summed E-state index contributed by atoms with van der Waals surface area (Å²) in [4.78, 5) is 27.8. The van der Waals surface area contributed by atoms with Gasteiger partial charge in [0.2, 0.25) is 0 Å². The highest BCUT2D eigenvalue weighted by atomic mass is 19.1. The average Bonchev–Trinajstić information content (AvgIpc) is 3.26. The van der Waals surface area contributed by atoms with Gasteiger partial charge < -0.3 is 4.74 Å². The molecule has 2 aliphatic heterocycles. The Kier molecular flexibility index (Phi) is 7.18. The molecule has 1 saturated heterocycles. The van der Waals surface area contributed by atoms with Gasteiger partial charge in [-0.3, -0.25) is 14.5 Å². The van der Waals surface area contributed by atoms with E-state index in [4.69, 9.17) is 4.74 Å². The summed E-state index contributed by atoms with van der Waals surface area (Å²) in [6.45, 7) is 4.84. The molecule has 0 unspecified atom stereocenters. The first-order valence-electron chi connectivity index (χ1n) is 11.6. The van der Waals surface area contributed by atoms with Gasteiger partial charge in [-0.15, -0.1) is 0 Å². The molecule has 2 heterocycles. The van der Waals surface area contributed by atoms with E-state index in [1.807, 2.05) is 42.2 Å². The lowest BCUT2D eigenvalue weighted by molar-refractivity contribution is -0.152. The molecule has 0 saturated carbocycles. The third-order valence-electron chi connectivity index (χ3n) is 6.29. The minimum absolute atomic E-state index is 0.0694. The Balaban J connectivity index is 1.59. The van der Waals surface area contributed by atoms with Gasteiger partial charge >= 0.3 is 5.97 Å². The molecule has 4 rings (SSSR count). The van der Waals surface area contributed by atoms with Crippen molar-refractivity contribution in [3.63, 3.8) is 0 Å². The third-order valence-corrected chi connectivity index (χ3v) is 6.29. The van der Waals surface area contributed by atoms with Crippen LogP contribution >= 0.6 is 0 Å². The van der Waals surface area contributed by atoms with Gasteiger partial charge in [0.25, 0.3) is 5.91 Å². The zero-order valence-corrected chi connectivity index (χ0v) is 19.2. The first-order valence-corrected chi connectivity index (χ1v) is 11.6. The van der Waals surface area contributed by atoms with Crippen molar-refractivity contribution in [3.8, 4) is 0 Å². The molecule has 0 radical (unpaired) electrons. The van der Waals surface area contributed by atoms with E-state index < -0.39 is 12.1 Å². The molecule has 2 aromatic rings. The minimum atomic E-state index is -0.418. The van der Waals surface area contributed by atoms with Gasteiger partial charge in [-0.2, -0.15) is 5.10 Å². The Morgan fingerprint density at radius 3 is 2.67 bits per heavy atom. The molecule has 174 valence electrons. The number of nitrogens with zero attached hydrogens (tertiary/aromatic N) is 3. The monoisotopic (exact) mass is 451 g/mol. The van der Waals surface area contributed by atoms with E-state index in [9.17, 15) is 14.0 Å². The van der Waals surface area contributed by atoms with Crippen LogP contribution in [0.4, 0.5) is 4.39 Å². The van der Waals surface area contributed by atoms with E-state index in [2.05, 4.69) is 5.10 Å². The molecule has 1 fully saturated rings. The lowest BCUT2D eigenvalue weighted by atomic mass is 9.97. The minimum Gasteiger partial charge on any atom is -0.465 e. The molecule has 0 N–H and O–H groups in total. The van der Waals surface area contributed by atoms with E-state index in [1.165, 1.54) is 17.1 Å². The fourth-order valence-corrected chi connectivity index (χ4v) is 4.57. The zero-order valence-electron chi connectivity index (χ0n) is 19.2. The first kappa shape index (κ1) is 23.1. The number of carbonyl (C=O) groups is 2. The van der Waals surface area contributed by atoms with Gasteiger partial charge in [-0.1, -0.05) is 48.4 Å².